The molecule has 4 N–H and O–H groups in total. The SMILES string of the molecule is NCCNOC(=O)CCCO. The van der Waals surface area contributed by atoms with Gasteiger partial charge in [-0.25, -0.2) is 0 Å². The number of carbonyl (C=O) groups excluding carboxylic acids is 1. The minimum Gasteiger partial charge on any atom is -0.396 e. The third-order valence-corrected chi connectivity index (χ3v) is 0.971. The van der Waals surface area contributed by atoms with E-state index < -0.39 is 0 Å². The van der Waals surface area contributed by atoms with E-state index in [1.54, 1.807) is 0 Å². The van der Waals surface area contributed by atoms with Gasteiger partial charge in [0, 0.05) is 26.1 Å². The highest BCUT2D eigenvalue weighted by Crippen LogP contribution is 1.88. The second-order valence-electron chi connectivity index (χ2n) is 1.98. The van der Waals surface area contributed by atoms with E-state index in [0.29, 0.717) is 19.5 Å². The number of nitrogens with two attached hydrogens (primary N) is 1. The van der Waals surface area contributed by atoms with Gasteiger partial charge >= 0.3 is 5.97 Å². The number of rotatable bonds is 6. The van der Waals surface area contributed by atoms with Crippen LogP contribution in [0.3, 0.4) is 0 Å². The molecule has 0 saturated heterocycles. The van der Waals surface area contributed by atoms with Gasteiger partial charge in [0.25, 0.3) is 0 Å². The topological polar surface area (TPSA) is 84.6 Å². The molecule has 0 fully saturated rings. The molecule has 5 nitrogen and oxygen atoms in total. The maximum Gasteiger partial charge on any atom is 0.324 e. The summed E-state index contributed by atoms with van der Waals surface area (Å²) in [4.78, 5) is 15.1. The number of aliphatic hydroxyl groups excluding tert-OH is 1. The number of aliphatic hydroxyl groups is 1. The van der Waals surface area contributed by atoms with Crippen molar-refractivity contribution in [2.45, 2.75) is 12.8 Å². The molecule has 11 heavy (non-hydrogen) atoms. The first-order valence-electron chi connectivity index (χ1n) is 3.54. The fourth-order valence-electron chi connectivity index (χ4n) is 0.465. The zero-order valence-electron chi connectivity index (χ0n) is 6.38. The summed E-state index contributed by atoms with van der Waals surface area (Å²) in [7, 11) is 0. The average Bonchev–Trinajstić information content (AvgIpc) is 2.01. The first-order chi connectivity index (χ1) is 5.31. The van der Waals surface area contributed by atoms with Crippen LogP contribution in [0.1, 0.15) is 12.8 Å². The first-order valence-corrected chi connectivity index (χ1v) is 3.54. The van der Waals surface area contributed by atoms with Crippen LogP contribution in [0.5, 0.6) is 0 Å². The molecule has 0 heterocycles. The monoisotopic (exact) mass is 162 g/mol. The summed E-state index contributed by atoms with van der Waals surface area (Å²) in [6.07, 6.45) is 0.664. The van der Waals surface area contributed by atoms with Crippen LogP contribution in [0.25, 0.3) is 0 Å². The standard InChI is InChI=1S/C6H14N2O3/c7-3-4-8-11-6(10)2-1-5-9/h8-9H,1-5,7H2. The Kier molecular flexibility index (Phi) is 7.02. The Hall–Kier alpha value is -0.650. The Bertz CT molecular complexity index is 108. The third-order valence-electron chi connectivity index (χ3n) is 0.971. The van der Waals surface area contributed by atoms with Gasteiger partial charge in [0.1, 0.15) is 0 Å². The summed E-state index contributed by atoms with van der Waals surface area (Å²) >= 11 is 0. The van der Waals surface area contributed by atoms with Crippen molar-refractivity contribution >= 4 is 5.97 Å². The number of nitrogens with one attached hydrogen (secondary N) is 1. The Morgan fingerprint density at radius 3 is 2.91 bits per heavy atom. The van der Waals surface area contributed by atoms with Crippen LogP contribution < -0.4 is 11.2 Å². The molecule has 0 saturated carbocycles. The number of hydroxylamine groups is 1. The lowest BCUT2D eigenvalue weighted by Gasteiger charge is -2.02. The van der Waals surface area contributed by atoms with E-state index in [4.69, 9.17) is 10.8 Å². The van der Waals surface area contributed by atoms with Crippen molar-refractivity contribution in [3.05, 3.63) is 0 Å². The molecule has 0 amide bonds. The predicted molar refractivity (Wildman–Crippen MR) is 39.5 cm³/mol. The van der Waals surface area contributed by atoms with Crippen LogP contribution in [0.4, 0.5) is 0 Å². The minimum atomic E-state index is -0.368. The quantitative estimate of drug-likeness (QED) is 0.336. The van der Waals surface area contributed by atoms with Gasteiger partial charge in [-0.05, 0) is 6.42 Å². The van der Waals surface area contributed by atoms with Crippen LogP contribution in [0.2, 0.25) is 0 Å². The van der Waals surface area contributed by atoms with Gasteiger partial charge in [-0.15, -0.1) is 0 Å². The van der Waals surface area contributed by atoms with Gasteiger partial charge < -0.3 is 15.7 Å². The molecule has 0 rings (SSSR count). The molecule has 66 valence electrons. The molecule has 0 unspecified atom stereocenters. The summed E-state index contributed by atoms with van der Waals surface area (Å²) < 4.78 is 0. The van der Waals surface area contributed by atoms with E-state index in [0.717, 1.165) is 0 Å². The van der Waals surface area contributed by atoms with Crippen molar-refractivity contribution in [1.29, 1.82) is 0 Å². The Labute approximate surface area is 65.5 Å². The summed E-state index contributed by atoms with van der Waals surface area (Å²) in [5.41, 5.74) is 7.51. The van der Waals surface area contributed by atoms with E-state index >= 15 is 0 Å². The minimum absolute atomic E-state index is 0.00594. The van der Waals surface area contributed by atoms with Crippen molar-refractivity contribution in [1.82, 2.24) is 5.48 Å². The molecule has 0 radical (unpaired) electrons. The predicted octanol–water partition coefficient (Wildman–Crippen LogP) is -1.23. The molecule has 0 bridgehead atoms. The molecule has 0 aromatic carbocycles. The largest absolute Gasteiger partial charge is 0.396 e. The normalized spacial score (nSPS) is 9.64. The third kappa shape index (κ3) is 7.24. The molecular weight excluding hydrogens is 148 g/mol. The average molecular weight is 162 g/mol. The number of carbonyl (C=O) groups is 1. The second kappa shape index (κ2) is 7.46. The van der Waals surface area contributed by atoms with E-state index in [2.05, 4.69) is 10.3 Å². The highest BCUT2D eigenvalue weighted by atomic mass is 16.7. The van der Waals surface area contributed by atoms with Crippen molar-refractivity contribution in [2.75, 3.05) is 19.7 Å². The van der Waals surface area contributed by atoms with Crippen molar-refractivity contribution in [2.24, 2.45) is 5.73 Å². The van der Waals surface area contributed by atoms with Gasteiger partial charge in [-0.2, -0.15) is 5.48 Å². The molecule has 0 aliphatic heterocycles. The Balaban J connectivity index is 3.09. The van der Waals surface area contributed by atoms with Gasteiger partial charge in [0.05, 0.1) is 0 Å². The van der Waals surface area contributed by atoms with Crippen molar-refractivity contribution in [3.8, 4) is 0 Å². The van der Waals surface area contributed by atoms with Crippen LogP contribution in [0, 0.1) is 0 Å². The number of hydrogen-bond acceptors (Lipinski definition) is 5. The van der Waals surface area contributed by atoms with E-state index in [9.17, 15) is 4.79 Å². The lowest BCUT2D eigenvalue weighted by Crippen LogP contribution is -2.25. The fraction of sp³-hybridized carbons (Fsp3) is 0.833. The second-order valence-corrected chi connectivity index (χ2v) is 1.98. The van der Waals surface area contributed by atoms with E-state index in [1.165, 1.54) is 0 Å². The van der Waals surface area contributed by atoms with E-state index in [1.807, 2.05) is 0 Å². The van der Waals surface area contributed by atoms with Gasteiger partial charge in [0.2, 0.25) is 0 Å². The van der Waals surface area contributed by atoms with Crippen molar-refractivity contribution in [3.63, 3.8) is 0 Å². The van der Waals surface area contributed by atoms with Crippen LogP contribution >= 0.6 is 0 Å². The van der Waals surface area contributed by atoms with E-state index in [-0.39, 0.29) is 19.0 Å². The molecule has 5 heteroatoms. The highest BCUT2D eigenvalue weighted by molar-refractivity contribution is 5.68. The zero-order valence-corrected chi connectivity index (χ0v) is 6.38. The van der Waals surface area contributed by atoms with Crippen LogP contribution in [-0.4, -0.2) is 30.8 Å². The molecule has 0 aromatic rings. The van der Waals surface area contributed by atoms with Crippen LogP contribution in [0.15, 0.2) is 0 Å². The summed E-state index contributed by atoms with van der Waals surface area (Å²) in [5.74, 6) is -0.368. The van der Waals surface area contributed by atoms with Gasteiger partial charge in [-0.1, -0.05) is 0 Å². The summed E-state index contributed by atoms with van der Waals surface area (Å²) in [6, 6.07) is 0. The highest BCUT2D eigenvalue weighted by Gasteiger charge is 2.00. The maximum atomic E-state index is 10.6. The van der Waals surface area contributed by atoms with Gasteiger partial charge in [0.15, 0.2) is 0 Å². The lowest BCUT2D eigenvalue weighted by atomic mass is 10.3. The van der Waals surface area contributed by atoms with Crippen molar-refractivity contribution < 1.29 is 14.7 Å². The van der Waals surface area contributed by atoms with Gasteiger partial charge in [-0.3, -0.25) is 4.79 Å². The Morgan fingerprint density at radius 1 is 1.64 bits per heavy atom. The zero-order chi connectivity index (χ0) is 8.53. The lowest BCUT2D eigenvalue weighted by molar-refractivity contribution is -0.151. The number of hydrogen-bond donors (Lipinski definition) is 3. The fourth-order valence-corrected chi connectivity index (χ4v) is 0.465. The molecule has 0 atom stereocenters. The maximum absolute atomic E-state index is 10.6. The molecular formula is C6H14N2O3. The molecule has 0 aromatic heterocycles. The first kappa shape index (κ1) is 10.3. The summed E-state index contributed by atoms with van der Waals surface area (Å²) in [5, 5.41) is 8.34. The van der Waals surface area contributed by atoms with Crippen LogP contribution in [-0.2, 0) is 9.63 Å². The molecule has 0 aliphatic rings. The smallest absolute Gasteiger partial charge is 0.324 e. The Morgan fingerprint density at radius 2 is 2.36 bits per heavy atom. The molecule has 0 aliphatic carbocycles. The molecule has 0 spiro atoms. The summed E-state index contributed by atoms with van der Waals surface area (Å²) in [6.45, 7) is 0.879.